The summed E-state index contributed by atoms with van der Waals surface area (Å²) in [5.74, 6) is -1.04. The predicted octanol–water partition coefficient (Wildman–Crippen LogP) is 7.62. The molecule has 0 bridgehead atoms. The average Bonchev–Trinajstić information content (AvgIpc) is 2.95. The van der Waals surface area contributed by atoms with Gasteiger partial charge in [0.25, 0.3) is 0 Å². The number of ether oxygens (including phenoxy) is 1. The van der Waals surface area contributed by atoms with E-state index in [-0.39, 0.29) is 29.8 Å². The van der Waals surface area contributed by atoms with Crippen LogP contribution in [-0.2, 0) is 20.6 Å². The Balaban J connectivity index is 1.67. The minimum Gasteiger partial charge on any atom is -0.478 e. The van der Waals surface area contributed by atoms with Gasteiger partial charge in [-0.25, -0.2) is 9.59 Å². The molecule has 0 fully saturated rings. The van der Waals surface area contributed by atoms with E-state index in [1.54, 1.807) is 0 Å². The maximum absolute atomic E-state index is 13.4. The van der Waals surface area contributed by atoms with Crippen LogP contribution in [0.15, 0.2) is 90.5 Å². The summed E-state index contributed by atoms with van der Waals surface area (Å²) >= 11 is 0. The SMILES string of the molecule is CC(C)(C)[Si](C)(C)OCC1CC(c2cccc(-c3ccccc3)c2)=C(C(=O)O)CN1C(=O)OCc1ccccc1. The fourth-order valence-corrected chi connectivity index (χ4v) is 5.60. The zero-order valence-electron chi connectivity index (χ0n) is 24.0. The second kappa shape index (κ2) is 12.2. The number of hydrogen-bond donors (Lipinski definition) is 1. The highest BCUT2D eigenvalue weighted by molar-refractivity contribution is 6.74. The van der Waals surface area contributed by atoms with Gasteiger partial charge >= 0.3 is 12.1 Å². The van der Waals surface area contributed by atoms with E-state index in [1.807, 2.05) is 84.9 Å². The van der Waals surface area contributed by atoms with E-state index in [1.165, 1.54) is 4.90 Å². The molecule has 0 aliphatic carbocycles. The molecular formula is C33H39NO5Si. The standard InChI is InChI=1S/C33H39NO5Si/c1-33(2,3)40(4,5)39-23-28-20-29(27-18-12-17-26(19-27)25-15-10-7-11-16-25)30(31(35)36)21-34(28)32(37)38-22-24-13-8-6-9-14-24/h6-19,28H,20-23H2,1-5H3,(H,35,36). The van der Waals surface area contributed by atoms with Gasteiger partial charge in [-0.1, -0.05) is 99.6 Å². The lowest BCUT2D eigenvalue weighted by molar-refractivity contribution is -0.133. The van der Waals surface area contributed by atoms with Gasteiger partial charge in [0.05, 0.1) is 24.8 Å². The predicted molar refractivity (Wildman–Crippen MR) is 161 cm³/mol. The van der Waals surface area contributed by atoms with Gasteiger partial charge in [0.15, 0.2) is 8.32 Å². The Morgan fingerprint density at radius 2 is 1.50 bits per heavy atom. The first kappa shape index (κ1) is 29.3. The molecule has 1 atom stereocenters. The van der Waals surface area contributed by atoms with Gasteiger partial charge in [-0.05, 0) is 58.4 Å². The first-order chi connectivity index (χ1) is 19.0. The number of benzene rings is 3. The highest BCUT2D eigenvalue weighted by Gasteiger charge is 2.40. The first-order valence-corrected chi connectivity index (χ1v) is 16.6. The minimum atomic E-state index is -2.13. The van der Waals surface area contributed by atoms with Crippen LogP contribution in [-0.4, -0.2) is 49.6 Å². The molecular weight excluding hydrogens is 518 g/mol. The molecule has 210 valence electrons. The average molecular weight is 558 g/mol. The Labute approximate surface area is 238 Å². The van der Waals surface area contributed by atoms with Gasteiger partial charge in [-0.2, -0.15) is 0 Å². The van der Waals surface area contributed by atoms with Crippen LogP contribution < -0.4 is 0 Å². The van der Waals surface area contributed by atoms with Crippen LogP contribution in [0.2, 0.25) is 18.1 Å². The third-order valence-electron chi connectivity index (χ3n) is 8.03. The van der Waals surface area contributed by atoms with Gasteiger partial charge in [0.2, 0.25) is 0 Å². The lowest BCUT2D eigenvalue weighted by Crippen LogP contribution is -2.51. The Kier molecular flexibility index (Phi) is 8.96. The zero-order valence-corrected chi connectivity index (χ0v) is 25.0. The number of hydrogen-bond acceptors (Lipinski definition) is 4. The molecule has 3 aromatic rings. The summed E-state index contributed by atoms with van der Waals surface area (Å²) in [5.41, 5.74) is 4.70. The summed E-state index contributed by atoms with van der Waals surface area (Å²) < 4.78 is 12.2. The fraction of sp³-hybridized carbons (Fsp3) is 0.333. The normalized spacial score (nSPS) is 16.1. The van der Waals surface area contributed by atoms with Crippen molar-refractivity contribution < 1.29 is 23.9 Å². The van der Waals surface area contributed by atoms with Crippen LogP contribution in [0.3, 0.4) is 0 Å². The van der Waals surface area contributed by atoms with Crippen molar-refractivity contribution in [1.82, 2.24) is 4.90 Å². The number of nitrogens with zero attached hydrogens (tertiary/aromatic N) is 1. The van der Waals surface area contributed by atoms with Crippen molar-refractivity contribution in [2.45, 2.75) is 58.0 Å². The van der Waals surface area contributed by atoms with E-state index in [4.69, 9.17) is 9.16 Å². The van der Waals surface area contributed by atoms with E-state index in [9.17, 15) is 14.7 Å². The summed E-state index contributed by atoms with van der Waals surface area (Å²) in [5, 5.41) is 10.3. The molecule has 1 unspecified atom stereocenters. The van der Waals surface area contributed by atoms with Gasteiger partial charge in [-0.3, -0.25) is 4.90 Å². The molecule has 1 amide bonds. The maximum atomic E-state index is 13.4. The highest BCUT2D eigenvalue weighted by atomic mass is 28.4. The topological polar surface area (TPSA) is 76.1 Å². The van der Waals surface area contributed by atoms with E-state index >= 15 is 0 Å². The fourth-order valence-electron chi connectivity index (χ4n) is 4.56. The molecule has 0 saturated carbocycles. The Bertz CT molecular complexity index is 1360. The maximum Gasteiger partial charge on any atom is 0.410 e. The van der Waals surface area contributed by atoms with Crippen LogP contribution in [0, 0.1) is 0 Å². The lowest BCUT2D eigenvalue weighted by atomic mass is 9.88. The number of carbonyl (C=O) groups excluding carboxylic acids is 1. The molecule has 3 aromatic carbocycles. The summed E-state index contributed by atoms with van der Waals surface area (Å²) in [6.07, 6.45) is -0.182. The highest BCUT2D eigenvalue weighted by Crippen LogP contribution is 2.38. The zero-order chi connectivity index (χ0) is 28.9. The molecule has 1 N–H and O–H groups in total. The van der Waals surface area contributed by atoms with E-state index in [0.29, 0.717) is 13.0 Å². The van der Waals surface area contributed by atoms with Crippen molar-refractivity contribution in [3.63, 3.8) is 0 Å². The molecule has 0 saturated heterocycles. The lowest BCUT2D eigenvalue weighted by Gasteiger charge is -2.41. The van der Waals surface area contributed by atoms with Crippen LogP contribution in [0.25, 0.3) is 16.7 Å². The van der Waals surface area contributed by atoms with Crippen LogP contribution in [0.5, 0.6) is 0 Å². The summed E-state index contributed by atoms with van der Waals surface area (Å²) in [6.45, 7) is 11.3. The van der Waals surface area contributed by atoms with Gasteiger partial charge in [0, 0.05) is 0 Å². The number of rotatable bonds is 8. The number of amides is 1. The third-order valence-corrected chi connectivity index (χ3v) is 12.5. The Morgan fingerprint density at radius 1 is 0.900 bits per heavy atom. The summed E-state index contributed by atoms with van der Waals surface area (Å²) in [6, 6.07) is 27.1. The molecule has 7 heteroatoms. The molecule has 1 aliphatic rings. The van der Waals surface area contributed by atoms with Crippen LogP contribution in [0.1, 0.15) is 38.3 Å². The molecule has 1 heterocycles. The molecule has 40 heavy (non-hydrogen) atoms. The van der Waals surface area contributed by atoms with E-state index < -0.39 is 20.4 Å². The van der Waals surface area contributed by atoms with Crippen molar-refractivity contribution in [2.24, 2.45) is 0 Å². The van der Waals surface area contributed by atoms with Crippen LogP contribution in [0.4, 0.5) is 4.79 Å². The minimum absolute atomic E-state index is 0.00474. The van der Waals surface area contributed by atoms with Gasteiger partial charge in [-0.15, -0.1) is 0 Å². The molecule has 0 aromatic heterocycles. The molecule has 0 spiro atoms. The Hall–Kier alpha value is -3.68. The molecule has 0 radical (unpaired) electrons. The largest absolute Gasteiger partial charge is 0.478 e. The molecule has 6 nitrogen and oxygen atoms in total. The van der Waals surface area contributed by atoms with Gasteiger partial charge < -0.3 is 14.3 Å². The Morgan fingerprint density at radius 3 is 2.12 bits per heavy atom. The van der Waals surface area contributed by atoms with Crippen molar-refractivity contribution in [3.8, 4) is 11.1 Å². The van der Waals surface area contributed by atoms with Crippen LogP contribution >= 0.6 is 0 Å². The number of aliphatic carboxylic acids is 1. The second-order valence-electron chi connectivity index (χ2n) is 11.8. The quantitative estimate of drug-likeness (QED) is 0.288. The smallest absolute Gasteiger partial charge is 0.410 e. The number of carbonyl (C=O) groups is 2. The number of carboxylic acid groups (broad SMARTS) is 1. The van der Waals surface area contributed by atoms with Crippen molar-refractivity contribution in [2.75, 3.05) is 13.2 Å². The summed E-state index contributed by atoms with van der Waals surface area (Å²) in [7, 11) is -2.13. The van der Waals surface area contributed by atoms with Crippen molar-refractivity contribution in [1.29, 1.82) is 0 Å². The van der Waals surface area contributed by atoms with Crippen molar-refractivity contribution in [3.05, 3.63) is 102 Å². The van der Waals surface area contributed by atoms with E-state index in [2.05, 4.69) is 33.9 Å². The monoisotopic (exact) mass is 557 g/mol. The summed E-state index contributed by atoms with van der Waals surface area (Å²) in [4.78, 5) is 27.5. The molecule has 4 rings (SSSR count). The first-order valence-electron chi connectivity index (χ1n) is 13.7. The van der Waals surface area contributed by atoms with E-state index in [0.717, 1.165) is 27.8 Å². The number of carboxylic acids is 1. The second-order valence-corrected chi connectivity index (χ2v) is 16.6. The van der Waals surface area contributed by atoms with Crippen molar-refractivity contribution >= 4 is 26.0 Å². The molecule has 1 aliphatic heterocycles. The third kappa shape index (κ3) is 6.90. The van der Waals surface area contributed by atoms with Gasteiger partial charge in [0.1, 0.15) is 6.61 Å².